The summed E-state index contributed by atoms with van der Waals surface area (Å²) in [5.41, 5.74) is -1.65. The van der Waals surface area contributed by atoms with Crippen LogP contribution in [0.4, 0.5) is 0 Å². The largest absolute Gasteiger partial charge is 0.464 e. The number of carbonyl (C=O) groups is 1. The SMILES string of the molecule is CCOC(=O)C(O)(CNS(=O)(=O)c1ccc(C)cc1)COS(C)(=O)=O. The second kappa shape index (κ2) is 8.23. The molecule has 0 radical (unpaired) electrons. The van der Waals surface area contributed by atoms with Gasteiger partial charge in [0, 0.05) is 0 Å². The van der Waals surface area contributed by atoms with Crippen LogP contribution in [0.1, 0.15) is 12.5 Å². The zero-order valence-electron chi connectivity index (χ0n) is 14.1. The molecule has 1 atom stereocenters. The van der Waals surface area contributed by atoms with Crippen LogP contribution in [0.5, 0.6) is 0 Å². The van der Waals surface area contributed by atoms with Gasteiger partial charge in [0.05, 0.1) is 24.3 Å². The van der Waals surface area contributed by atoms with Crippen LogP contribution in [0.3, 0.4) is 0 Å². The lowest BCUT2D eigenvalue weighted by atomic mass is 10.1. The molecule has 9 nitrogen and oxygen atoms in total. The Morgan fingerprint density at radius 1 is 1.20 bits per heavy atom. The van der Waals surface area contributed by atoms with Crippen LogP contribution in [0.25, 0.3) is 0 Å². The topological polar surface area (TPSA) is 136 Å². The van der Waals surface area contributed by atoms with Crippen LogP contribution >= 0.6 is 0 Å². The molecule has 0 saturated heterocycles. The first-order chi connectivity index (χ1) is 11.4. The van der Waals surface area contributed by atoms with E-state index in [0.717, 1.165) is 11.8 Å². The third-order valence-electron chi connectivity index (χ3n) is 3.05. The highest BCUT2D eigenvalue weighted by Gasteiger charge is 2.40. The van der Waals surface area contributed by atoms with Crippen molar-refractivity contribution in [2.75, 3.05) is 26.0 Å². The highest BCUT2D eigenvalue weighted by molar-refractivity contribution is 7.89. The maximum Gasteiger partial charge on any atom is 0.342 e. The summed E-state index contributed by atoms with van der Waals surface area (Å²) in [5.74, 6) is -1.20. The van der Waals surface area contributed by atoms with Crippen molar-refractivity contribution >= 4 is 26.1 Å². The number of aryl methyl sites for hydroxylation is 1. The zero-order valence-corrected chi connectivity index (χ0v) is 15.7. The highest BCUT2D eigenvalue weighted by Crippen LogP contribution is 2.13. The van der Waals surface area contributed by atoms with Crippen molar-refractivity contribution in [2.45, 2.75) is 24.3 Å². The summed E-state index contributed by atoms with van der Waals surface area (Å²) >= 11 is 0. The smallest absolute Gasteiger partial charge is 0.342 e. The van der Waals surface area contributed by atoms with Crippen molar-refractivity contribution in [1.29, 1.82) is 0 Å². The molecule has 1 rings (SSSR count). The Bertz CT molecular complexity index is 802. The highest BCUT2D eigenvalue weighted by atomic mass is 32.2. The number of esters is 1. The van der Waals surface area contributed by atoms with E-state index >= 15 is 0 Å². The summed E-state index contributed by atoms with van der Waals surface area (Å²) in [7, 11) is -8.00. The van der Waals surface area contributed by atoms with Gasteiger partial charge in [0.25, 0.3) is 10.1 Å². The molecule has 0 bridgehead atoms. The normalized spacial score (nSPS) is 14.7. The van der Waals surface area contributed by atoms with Gasteiger partial charge in [-0.3, -0.25) is 4.18 Å². The first-order valence-corrected chi connectivity index (χ1v) is 10.5. The molecule has 1 aromatic carbocycles. The van der Waals surface area contributed by atoms with Gasteiger partial charge < -0.3 is 9.84 Å². The van der Waals surface area contributed by atoms with Crippen molar-refractivity contribution in [1.82, 2.24) is 4.72 Å². The van der Waals surface area contributed by atoms with Gasteiger partial charge in [-0.2, -0.15) is 8.42 Å². The number of sulfonamides is 1. The van der Waals surface area contributed by atoms with E-state index in [4.69, 9.17) is 0 Å². The minimum absolute atomic E-state index is 0.0756. The zero-order chi connectivity index (χ0) is 19.3. The van der Waals surface area contributed by atoms with Gasteiger partial charge in [-0.25, -0.2) is 17.9 Å². The number of ether oxygens (including phenoxy) is 1. The first-order valence-electron chi connectivity index (χ1n) is 7.20. The van der Waals surface area contributed by atoms with Crippen molar-refractivity contribution in [3.05, 3.63) is 29.8 Å². The quantitative estimate of drug-likeness (QED) is 0.424. The maximum absolute atomic E-state index is 12.2. The standard InChI is InChI=1S/C14H21NO8S2/c1-4-22-13(16)14(17,10-23-24(3,18)19)9-15-25(20,21)12-7-5-11(2)6-8-12/h5-8,15,17H,4,9-10H2,1-3H3. The Kier molecular flexibility index (Phi) is 7.08. The van der Waals surface area contributed by atoms with Crippen molar-refractivity contribution in [2.24, 2.45) is 0 Å². The molecular weight excluding hydrogens is 374 g/mol. The fourth-order valence-corrected chi connectivity index (χ4v) is 3.17. The summed E-state index contributed by atoms with van der Waals surface area (Å²) < 4.78 is 57.8. The third kappa shape index (κ3) is 6.71. The lowest BCUT2D eigenvalue weighted by molar-refractivity contribution is -0.167. The van der Waals surface area contributed by atoms with Crippen LogP contribution in [-0.2, 0) is 33.9 Å². The van der Waals surface area contributed by atoms with Gasteiger partial charge in [-0.05, 0) is 26.0 Å². The van der Waals surface area contributed by atoms with Crippen LogP contribution in [0.15, 0.2) is 29.2 Å². The van der Waals surface area contributed by atoms with E-state index in [1.165, 1.54) is 19.1 Å². The first kappa shape index (κ1) is 21.5. The summed E-state index contributed by atoms with van der Waals surface area (Å²) in [4.78, 5) is 11.8. The van der Waals surface area contributed by atoms with Gasteiger partial charge in [0.2, 0.25) is 15.6 Å². The predicted octanol–water partition coefficient (Wildman–Crippen LogP) is -0.456. The summed E-state index contributed by atoms with van der Waals surface area (Å²) in [6.07, 6.45) is 0.731. The maximum atomic E-state index is 12.2. The molecule has 0 saturated carbocycles. The number of benzene rings is 1. The van der Waals surface area contributed by atoms with E-state index in [-0.39, 0.29) is 11.5 Å². The lowest BCUT2D eigenvalue weighted by Gasteiger charge is -2.25. The minimum atomic E-state index is -4.04. The number of aliphatic hydroxyl groups is 1. The van der Waals surface area contributed by atoms with Crippen LogP contribution < -0.4 is 4.72 Å². The van der Waals surface area contributed by atoms with Gasteiger partial charge >= 0.3 is 5.97 Å². The number of carbonyl (C=O) groups excluding carboxylic acids is 1. The van der Waals surface area contributed by atoms with Crippen molar-refractivity contribution in [3.8, 4) is 0 Å². The predicted molar refractivity (Wildman–Crippen MR) is 88.7 cm³/mol. The third-order valence-corrected chi connectivity index (χ3v) is 5.02. The van der Waals surface area contributed by atoms with Crippen molar-refractivity contribution < 1.29 is 35.7 Å². The molecule has 1 aromatic rings. The molecule has 11 heteroatoms. The Balaban J connectivity index is 2.97. The molecule has 0 fully saturated rings. The lowest BCUT2D eigenvalue weighted by Crippen LogP contribution is -2.53. The van der Waals surface area contributed by atoms with E-state index in [9.17, 15) is 26.7 Å². The minimum Gasteiger partial charge on any atom is -0.464 e. The van der Waals surface area contributed by atoms with E-state index < -0.39 is 44.9 Å². The fourth-order valence-electron chi connectivity index (χ4n) is 1.67. The van der Waals surface area contributed by atoms with Gasteiger partial charge in [0.15, 0.2) is 0 Å². The van der Waals surface area contributed by atoms with E-state index in [1.54, 1.807) is 19.1 Å². The van der Waals surface area contributed by atoms with Gasteiger partial charge in [0.1, 0.15) is 6.61 Å². The summed E-state index contributed by atoms with van der Waals surface area (Å²) in [5, 5.41) is 10.3. The van der Waals surface area contributed by atoms with Crippen LogP contribution in [0.2, 0.25) is 0 Å². The average molecular weight is 395 g/mol. The van der Waals surface area contributed by atoms with Crippen molar-refractivity contribution in [3.63, 3.8) is 0 Å². The van der Waals surface area contributed by atoms with E-state index in [2.05, 4.69) is 13.6 Å². The number of rotatable bonds is 9. The van der Waals surface area contributed by atoms with E-state index in [0.29, 0.717) is 0 Å². The molecule has 2 N–H and O–H groups in total. The molecule has 0 aliphatic carbocycles. The average Bonchev–Trinajstić information content (AvgIpc) is 2.51. The Hall–Kier alpha value is -1.53. The molecular formula is C14H21NO8S2. The molecule has 0 aromatic heterocycles. The molecule has 0 aliphatic rings. The molecule has 0 spiro atoms. The summed E-state index contributed by atoms with van der Waals surface area (Å²) in [6, 6.07) is 5.87. The van der Waals surface area contributed by atoms with E-state index in [1.807, 2.05) is 0 Å². The molecule has 0 amide bonds. The van der Waals surface area contributed by atoms with Gasteiger partial charge in [-0.1, -0.05) is 17.7 Å². The fraction of sp³-hybridized carbons (Fsp3) is 0.500. The van der Waals surface area contributed by atoms with Crippen LogP contribution in [-0.4, -0.2) is 59.5 Å². The molecule has 0 aliphatic heterocycles. The van der Waals surface area contributed by atoms with Gasteiger partial charge in [-0.15, -0.1) is 0 Å². The number of nitrogens with one attached hydrogen (secondary N) is 1. The number of hydrogen-bond donors (Lipinski definition) is 2. The summed E-state index contributed by atoms with van der Waals surface area (Å²) in [6.45, 7) is 1.36. The second-order valence-corrected chi connectivity index (χ2v) is 8.77. The molecule has 1 unspecified atom stereocenters. The Labute approximate surface area is 147 Å². The molecule has 0 heterocycles. The monoisotopic (exact) mass is 395 g/mol. The number of hydrogen-bond acceptors (Lipinski definition) is 8. The Morgan fingerprint density at radius 2 is 1.76 bits per heavy atom. The molecule has 142 valence electrons. The van der Waals surface area contributed by atoms with Crippen LogP contribution in [0, 0.1) is 6.92 Å². The Morgan fingerprint density at radius 3 is 2.24 bits per heavy atom. The molecule has 25 heavy (non-hydrogen) atoms. The second-order valence-electron chi connectivity index (χ2n) is 5.36.